The zero-order valence-electron chi connectivity index (χ0n) is 16.1. The lowest BCUT2D eigenvalue weighted by Crippen LogP contribution is -2.34. The van der Waals surface area contributed by atoms with Crippen molar-refractivity contribution >= 4 is 45.5 Å². The summed E-state index contributed by atoms with van der Waals surface area (Å²) in [5.74, 6) is -0.840. The van der Waals surface area contributed by atoms with Crippen molar-refractivity contribution in [3.05, 3.63) is 87.3 Å². The van der Waals surface area contributed by atoms with Crippen LogP contribution in [0.1, 0.15) is 42.3 Å². The molecule has 2 amide bonds. The molecule has 0 saturated carbocycles. The topological polar surface area (TPSA) is 84.2 Å². The number of carbonyl (C=O) groups is 2. The summed E-state index contributed by atoms with van der Waals surface area (Å²) in [5.41, 5.74) is 9.35. The van der Waals surface area contributed by atoms with Crippen LogP contribution in [0, 0.1) is 13.8 Å². The van der Waals surface area contributed by atoms with Crippen LogP contribution in [0.4, 0.5) is 5.00 Å². The number of hydrogen-bond donors (Lipinski definition) is 3. The Kier molecular flexibility index (Phi) is 6.41. The smallest absolute Gasteiger partial charge is 0.257 e. The van der Waals surface area contributed by atoms with Crippen LogP contribution in [0.15, 0.2) is 54.6 Å². The van der Waals surface area contributed by atoms with E-state index in [0.717, 1.165) is 21.6 Å². The number of carbonyl (C=O) groups excluding carboxylic acids is 2. The Morgan fingerprint density at radius 3 is 2.34 bits per heavy atom. The van der Waals surface area contributed by atoms with E-state index in [4.69, 9.17) is 18.0 Å². The fourth-order valence-electron chi connectivity index (χ4n) is 3.03. The second kappa shape index (κ2) is 8.98. The zero-order chi connectivity index (χ0) is 21.0. The number of primary amides is 1. The average Bonchev–Trinajstić information content (AvgIpc) is 2.97. The van der Waals surface area contributed by atoms with Crippen molar-refractivity contribution in [1.29, 1.82) is 0 Å². The molecule has 0 aliphatic rings. The quantitative estimate of drug-likeness (QED) is 0.538. The summed E-state index contributed by atoms with van der Waals surface area (Å²) in [7, 11) is 0. The van der Waals surface area contributed by atoms with E-state index in [2.05, 4.69) is 10.6 Å². The van der Waals surface area contributed by atoms with Gasteiger partial charge in [-0.25, -0.2) is 0 Å². The third kappa shape index (κ3) is 4.88. The third-order valence-corrected chi connectivity index (χ3v) is 5.95. The molecule has 3 rings (SSSR count). The minimum atomic E-state index is -0.534. The summed E-state index contributed by atoms with van der Waals surface area (Å²) in [6.07, 6.45) is 0.682. The molecule has 0 fully saturated rings. The van der Waals surface area contributed by atoms with Crippen LogP contribution in [-0.2, 0) is 6.42 Å². The Bertz CT molecular complexity index is 1070. The SMILES string of the molecule is Cc1ccccc1C(=O)NC(=S)Nc1sc(Cc2ccccc2)c(C)c1C(N)=O. The summed E-state index contributed by atoms with van der Waals surface area (Å²) in [6, 6.07) is 17.2. The number of benzene rings is 2. The van der Waals surface area contributed by atoms with E-state index in [1.54, 1.807) is 12.1 Å². The summed E-state index contributed by atoms with van der Waals surface area (Å²) < 4.78 is 0. The van der Waals surface area contributed by atoms with Gasteiger partial charge >= 0.3 is 0 Å². The Morgan fingerprint density at radius 2 is 1.69 bits per heavy atom. The molecule has 0 bridgehead atoms. The predicted molar refractivity (Wildman–Crippen MR) is 122 cm³/mol. The molecule has 7 heteroatoms. The van der Waals surface area contributed by atoms with E-state index >= 15 is 0 Å². The number of amides is 2. The van der Waals surface area contributed by atoms with Gasteiger partial charge in [0.05, 0.1) is 5.56 Å². The lowest BCUT2D eigenvalue weighted by atomic mass is 10.1. The van der Waals surface area contributed by atoms with Crippen molar-refractivity contribution in [2.75, 3.05) is 5.32 Å². The number of rotatable bonds is 5. The van der Waals surface area contributed by atoms with Crippen LogP contribution in [0.2, 0.25) is 0 Å². The molecule has 1 heterocycles. The van der Waals surface area contributed by atoms with Crippen LogP contribution in [0.3, 0.4) is 0 Å². The standard InChI is InChI=1S/C22H21N3O2S2/c1-13-8-6-7-11-16(13)20(27)24-22(28)25-21-18(19(23)26)14(2)17(29-21)12-15-9-4-3-5-10-15/h3-11H,12H2,1-2H3,(H2,23,26)(H2,24,25,27,28). The molecular formula is C22H21N3O2S2. The van der Waals surface area contributed by atoms with Crippen LogP contribution >= 0.6 is 23.6 Å². The van der Waals surface area contributed by atoms with Gasteiger partial charge in [0.15, 0.2) is 5.11 Å². The number of aryl methyl sites for hydroxylation is 1. The predicted octanol–water partition coefficient (Wildman–Crippen LogP) is 4.18. The monoisotopic (exact) mass is 423 g/mol. The van der Waals surface area contributed by atoms with Gasteiger partial charge in [0.1, 0.15) is 5.00 Å². The Morgan fingerprint density at radius 1 is 1.03 bits per heavy atom. The molecule has 4 N–H and O–H groups in total. The summed E-state index contributed by atoms with van der Waals surface area (Å²) >= 11 is 6.71. The van der Waals surface area contributed by atoms with E-state index < -0.39 is 5.91 Å². The second-order valence-electron chi connectivity index (χ2n) is 6.60. The summed E-state index contributed by atoms with van der Waals surface area (Å²) in [5, 5.41) is 6.30. The molecule has 0 unspecified atom stereocenters. The van der Waals surface area contributed by atoms with Gasteiger partial charge in [-0.05, 0) is 48.8 Å². The van der Waals surface area contributed by atoms with E-state index in [0.29, 0.717) is 22.5 Å². The lowest BCUT2D eigenvalue weighted by Gasteiger charge is -2.10. The van der Waals surface area contributed by atoms with Gasteiger partial charge in [-0.2, -0.15) is 0 Å². The highest BCUT2D eigenvalue weighted by Gasteiger charge is 2.21. The molecule has 29 heavy (non-hydrogen) atoms. The van der Waals surface area contributed by atoms with E-state index in [-0.39, 0.29) is 11.0 Å². The van der Waals surface area contributed by atoms with Gasteiger partial charge < -0.3 is 11.1 Å². The van der Waals surface area contributed by atoms with Gasteiger partial charge in [-0.15, -0.1) is 11.3 Å². The van der Waals surface area contributed by atoms with E-state index in [1.165, 1.54) is 11.3 Å². The first kappa shape index (κ1) is 20.7. The summed E-state index contributed by atoms with van der Waals surface area (Å²) in [4.78, 5) is 25.5. The van der Waals surface area contributed by atoms with Crippen LogP contribution in [0.5, 0.6) is 0 Å². The largest absolute Gasteiger partial charge is 0.365 e. The third-order valence-electron chi connectivity index (χ3n) is 4.54. The zero-order valence-corrected chi connectivity index (χ0v) is 17.7. The van der Waals surface area contributed by atoms with Gasteiger partial charge in [0.2, 0.25) is 0 Å². The highest BCUT2D eigenvalue weighted by Crippen LogP contribution is 2.34. The number of anilines is 1. The maximum absolute atomic E-state index is 12.5. The first-order chi connectivity index (χ1) is 13.9. The maximum Gasteiger partial charge on any atom is 0.257 e. The molecule has 0 aliphatic carbocycles. The molecule has 1 aromatic heterocycles. The van der Waals surface area contributed by atoms with Gasteiger partial charge in [0, 0.05) is 16.9 Å². The van der Waals surface area contributed by atoms with Crippen LogP contribution in [0.25, 0.3) is 0 Å². The Labute approximate surface area is 178 Å². The minimum Gasteiger partial charge on any atom is -0.365 e. The molecule has 0 atom stereocenters. The Balaban J connectivity index is 1.80. The molecule has 5 nitrogen and oxygen atoms in total. The first-order valence-corrected chi connectivity index (χ1v) is 10.2. The van der Waals surface area contributed by atoms with Gasteiger partial charge in [0.25, 0.3) is 11.8 Å². The number of nitrogens with two attached hydrogens (primary N) is 1. The van der Waals surface area contributed by atoms with Crippen LogP contribution in [-0.4, -0.2) is 16.9 Å². The highest BCUT2D eigenvalue weighted by molar-refractivity contribution is 7.80. The van der Waals surface area contributed by atoms with Crippen molar-refractivity contribution in [3.8, 4) is 0 Å². The first-order valence-electron chi connectivity index (χ1n) is 9.00. The molecule has 0 spiro atoms. The molecule has 3 aromatic rings. The molecule has 148 valence electrons. The fraction of sp³-hybridized carbons (Fsp3) is 0.136. The highest BCUT2D eigenvalue weighted by atomic mass is 32.1. The van der Waals surface area contributed by atoms with E-state index in [9.17, 15) is 9.59 Å². The van der Waals surface area contributed by atoms with Crippen LogP contribution < -0.4 is 16.4 Å². The average molecular weight is 424 g/mol. The number of thiocarbonyl (C=S) groups is 1. The minimum absolute atomic E-state index is 0.119. The van der Waals surface area contributed by atoms with Gasteiger partial charge in [-0.3, -0.25) is 14.9 Å². The molecule has 0 saturated heterocycles. The molecule has 0 radical (unpaired) electrons. The number of thiophene rings is 1. The van der Waals surface area contributed by atoms with Crippen molar-refractivity contribution in [1.82, 2.24) is 5.32 Å². The van der Waals surface area contributed by atoms with Crippen molar-refractivity contribution in [3.63, 3.8) is 0 Å². The second-order valence-corrected chi connectivity index (χ2v) is 8.12. The maximum atomic E-state index is 12.5. The normalized spacial score (nSPS) is 10.4. The van der Waals surface area contributed by atoms with Gasteiger partial charge in [-0.1, -0.05) is 48.5 Å². The molecule has 0 aliphatic heterocycles. The number of hydrogen-bond acceptors (Lipinski definition) is 4. The Hall–Kier alpha value is -3.03. The molecular weight excluding hydrogens is 402 g/mol. The summed E-state index contributed by atoms with van der Waals surface area (Å²) in [6.45, 7) is 3.73. The fourth-order valence-corrected chi connectivity index (χ4v) is 4.54. The van der Waals surface area contributed by atoms with Crippen molar-refractivity contribution < 1.29 is 9.59 Å². The van der Waals surface area contributed by atoms with E-state index in [1.807, 2.05) is 56.3 Å². The van der Waals surface area contributed by atoms with Crippen molar-refractivity contribution in [2.45, 2.75) is 20.3 Å². The molecule has 2 aromatic carbocycles. The lowest BCUT2D eigenvalue weighted by molar-refractivity contribution is 0.0975. The number of nitrogens with one attached hydrogen (secondary N) is 2. The van der Waals surface area contributed by atoms with Crippen molar-refractivity contribution in [2.24, 2.45) is 5.73 Å².